The van der Waals surface area contributed by atoms with Crippen LogP contribution >= 0.6 is 60.6 Å². The molecule has 1 nitrogen and oxygen atoms in total. The van der Waals surface area contributed by atoms with Gasteiger partial charge in [0.15, 0.2) is 0 Å². The van der Waals surface area contributed by atoms with Gasteiger partial charge in [-0.2, -0.15) is 0 Å². The van der Waals surface area contributed by atoms with Crippen molar-refractivity contribution < 1.29 is 0 Å². The molecule has 0 N–H and O–H groups in total. The van der Waals surface area contributed by atoms with E-state index in [0.29, 0.717) is 4.83 Å². The SMILES string of the molecule is CC(Br)c1ccccc1Br.CCc1ccccc1Br.[B]=NS. The minimum absolute atomic E-state index is 0.420. The predicted molar refractivity (Wildman–Crippen MR) is 112 cm³/mol. The first kappa shape index (κ1) is 22.1. The molecule has 22 heavy (non-hydrogen) atoms. The molecule has 6 heteroatoms. The van der Waals surface area contributed by atoms with Gasteiger partial charge in [-0.15, -0.1) is 0 Å². The number of aryl methyl sites for hydroxylation is 1. The van der Waals surface area contributed by atoms with Crippen molar-refractivity contribution >= 4 is 68.2 Å². The molecule has 0 aromatic heterocycles. The van der Waals surface area contributed by atoms with Crippen LogP contribution in [-0.4, -0.2) is 7.64 Å². The van der Waals surface area contributed by atoms with Crippen LogP contribution < -0.4 is 0 Å². The maximum atomic E-state index is 4.34. The summed E-state index contributed by atoms with van der Waals surface area (Å²) in [6.45, 7) is 4.26. The Morgan fingerprint density at radius 3 is 1.82 bits per heavy atom. The molecule has 1 radical (unpaired) electrons. The number of hydrogen-bond donors (Lipinski definition) is 1. The Balaban J connectivity index is 0.000000342. The number of alkyl halides is 1. The number of nitrogens with zero attached hydrogens (tertiary/aromatic N) is 1. The van der Waals surface area contributed by atoms with Gasteiger partial charge in [0.1, 0.15) is 0 Å². The fraction of sp³-hybridized carbons (Fsp3) is 0.250. The molecule has 2 aromatic rings. The zero-order valence-electron chi connectivity index (χ0n) is 12.5. The summed E-state index contributed by atoms with van der Waals surface area (Å²) in [4.78, 5) is 0.420. The van der Waals surface area contributed by atoms with Gasteiger partial charge in [-0.3, -0.25) is 0 Å². The molecule has 0 aliphatic carbocycles. The average Bonchev–Trinajstić information content (AvgIpc) is 2.49. The standard InChI is InChI=1S/C8H8Br2.C8H9Br.BHNS/c1-6(9)7-4-2-3-5-8(7)10;1-2-7-5-3-4-6-8(7)9;1-2-3/h2-6H,1H3;3-6H,2H2,1H3;3H. The van der Waals surface area contributed by atoms with E-state index in [2.05, 4.69) is 111 Å². The Labute approximate surface area is 165 Å². The molecule has 0 bridgehead atoms. The van der Waals surface area contributed by atoms with Gasteiger partial charge >= 0.3 is 24.8 Å². The first-order valence-electron chi connectivity index (χ1n) is 6.64. The molecule has 0 amide bonds. The van der Waals surface area contributed by atoms with Crippen molar-refractivity contribution in [1.29, 1.82) is 0 Å². The van der Waals surface area contributed by atoms with Crippen molar-refractivity contribution in [2.45, 2.75) is 25.1 Å². The second-order valence-electron chi connectivity index (χ2n) is 4.20. The summed E-state index contributed by atoms with van der Waals surface area (Å²) < 4.78 is 5.08. The molecule has 1 atom stereocenters. The van der Waals surface area contributed by atoms with Crippen molar-refractivity contribution in [2.24, 2.45) is 4.30 Å². The van der Waals surface area contributed by atoms with Crippen LogP contribution in [0.2, 0.25) is 0 Å². The molecule has 0 aliphatic rings. The Hall–Kier alpha value is 0.0949. The zero-order valence-corrected chi connectivity index (χ0v) is 18.2. The predicted octanol–water partition coefficient (Wildman–Crippen LogP) is 7.10. The molecule has 0 saturated heterocycles. The maximum absolute atomic E-state index is 4.34. The van der Waals surface area contributed by atoms with Crippen molar-refractivity contribution in [2.75, 3.05) is 0 Å². The quantitative estimate of drug-likeness (QED) is 0.253. The van der Waals surface area contributed by atoms with Crippen LogP contribution in [0.25, 0.3) is 0 Å². The molecule has 117 valence electrons. The van der Waals surface area contributed by atoms with Gasteiger partial charge in [0, 0.05) is 13.8 Å². The number of halogens is 3. The van der Waals surface area contributed by atoms with Gasteiger partial charge in [0.2, 0.25) is 0 Å². The Morgan fingerprint density at radius 2 is 1.50 bits per heavy atom. The first-order valence-corrected chi connectivity index (χ1v) is 9.54. The van der Waals surface area contributed by atoms with E-state index < -0.39 is 0 Å². The third-order valence-electron chi connectivity index (χ3n) is 2.67. The number of thiol groups is 1. The molecule has 2 rings (SSSR count). The third-order valence-corrected chi connectivity index (χ3v) is 4.66. The molecule has 2 aromatic carbocycles. The van der Waals surface area contributed by atoms with E-state index in [4.69, 9.17) is 0 Å². The Morgan fingerprint density at radius 1 is 1.05 bits per heavy atom. The molecule has 1 unspecified atom stereocenters. The van der Waals surface area contributed by atoms with Crippen molar-refractivity contribution in [3.63, 3.8) is 0 Å². The molecule has 0 saturated carbocycles. The van der Waals surface area contributed by atoms with Crippen LogP contribution in [0.15, 0.2) is 61.8 Å². The van der Waals surface area contributed by atoms with Crippen LogP contribution in [0.1, 0.15) is 29.8 Å². The topological polar surface area (TPSA) is 12.4 Å². The fourth-order valence-corrected chi connectivity index (χ4v) is 3.48. The van der Waals surface area contributed by atoms with E-state index in [1.807, 2.05) is 24.3 Å². The summed E-state index contributed by atoms with van der Waals surface area (Å²) in [7, 11) is 4.34. The van der Waals surface area contributed by atoms with Crippen LogP contribution in [0.3, 0.4) is 0 Å². The molecule has 0 aliphatic heterocycles. The van der Waals surface area contributed by atoms with E-state index >= 15 is 0 Å². The monoisotopic (exact) mass is 504 g/mol. The average molecular weight is 507 g/mol. The Bertz CT molecular complexity index is 565. The minimum atomic E-state index is 0.420. The van der Waals surface area contributed by atoms with Gasteiger partial charge in [-0.1, -0.05) is 91.1 Å². The second-order valence-corrected chi connectivity index (χ2v) is 7.51. The summed E-state index contributed by atoms with van der Waals surface area (Å²) >= 11 is 13.6. The van der Waals surface area contributed by atoms with Crippen molar-refractivity contribution in [1.82, 2.24) is 0 Å². The number of rotatable bonds is 2. The van der Waals surface area contributed by atoms with Crippen molar-refractivity contribution in [3.05, 3.63) is 68.6 Å². The fourth-order valence-electron chi connectivity index (χ4n) is 1.58. The zero-order chi connectivity index (χ0) is 17.0. The van der Waals surface area contributed by atoms with Crippen LogP contribution in [0.5, 0.6) is 0 Å². The summed E-state index contributed by atoms with van der Waals surface area (Å²) in [6, 6.07) is 16.5. The van der Waals surface area contributed by atoms with Gasteiger partial charge in [-0.05, 0) is 36.6 Å². The molecule has 0 spiro atoms. The number of benzene rings is 2. The van der Waals surface area contributed by atoms with Gasteiger partial charge < -0.3 is 0 Å². The summed E-state index contributed by atoms with van der Waals surface area (Å²) in [5.41, 5.74) is 2.67. The van der Waals surface area contributed by atoms with E-state index in [1.165, 1.54) is 20.1 Å². The second kappa shape index (κ2) is 13.5. The van der Waals surface area contributed by atoms with Gasteiger partial charge in [0.25, 0.3) is 0 Å². The first-order chi connectivity index (χ1) is 10.5. The number of hydrogen-bond acceptors (Lipinski definition) is 2. The van der Waals surface area contributed by atoms with E-state index in [0.717, 1.165) is 6.42 Å². The molecular formula is C16H18BBr3NS. The Kier molecular flexibility index (Phi) is 13.6. The van der Waals surface area contributed by atoms with Crippen LogP contribution in [0.4, 0.5) is 0 Å². The van der Waals surface area contributed by atoms with Gasteiger partial charge in [-0.25, -0.2) is 0 Å². The van der Waals surface area contributed by atoms with E-state index in [-0.39, 0.29) is 0 Å². The molecule has 0 heterocycles. The molecule has 0 fully saturated rings. The normalized spacial score (nSPS) is 10.4. The van der Waals surface area contributed by atoms with Crippen LogP contribution in [0, 0.1) is 0 Å². The van der Waals surface area contributed by atoms with Crippen molar-refractivity contribution in [3.8, 4) is 0 Å². The van der Waals surface area contributed by atoms with Crippen LogP contribution in [-0.2, 0) is 6.42 Å². The van der Waals surface area contributed by atoms with E-state index in [9.17, 15) is 0 Å². The van der Waals surface area contributed by atoms with E-state index in [1.54, 1.807) is 0 Å². The summed E-state index contributed by atoms with van der Waals surface area (Å²) in [5.74, 6) is 0. The summed E-state index contributed by atoms with van der Waals surface area (Å²) in [6.07, 6.45) is 1.10. The third kappa shape index (κ3) is 9.28. The van der Waals surface area contributed by atoms with Gasteiger partial charge in [0.05, 0.1) is 0 Å². The molecular weight excluding hydrogens is 489 g/mol. The summed E-state index contributed by atoms with van der Waals surface area (Å²) in [5, 5.41) is 0.